The number of H-pyrrole nitrogens is 1. The maximum atomic E-state index is 13.0. The van der Waals surface area contributed by atoms with E-state index >= 15 is 0 Å². The first kappa shape index (κ1) is 14.0. The van der Waals surface area contributed by atoms with Crippen molar-refractivity contribution >= 4 is 5.82 Å². The molecule has 0 atom stereocenters. The number of hydrogen-bond acceptors (Lipinski definition) is 2. The molecule has 3 nitrogen and oxygen atoms in total. The summed E-state index contributed by atoms with van der Waals surface area (Å²) >= 11 is 0. The van der Waals surface area contributed by atoms with Crippen LogP contribution in [0.15, 0.2) is 30.3 Å². The molecule has 1 aromatic carbocycles. The van der Waals surface area contributed by atoms with E-state index in [1.54, 1.807) is 12.1 Å². The number of anilines is 1. The number of pyridine rings is 1. The molecule has 1 aromatic heterocycles. The van der Waals surface area contributed by atoms with Crippen molar-refractivity contribution in [2.24, 2.45) is 5.92 Å². The van der Waals surface area contributed by atoms with Crippen molar-refractivity contribution in [3.63, 3.8) is 0 Å². The van der Waals surface area contributed by atoms with Crippen LogP contribution in [0.25, 0.3) is 11.1 Å². The smallest absolute Gasteiger partial charge is 0.286 e. The van der Waals surface area contributed by atoms with Crippen LogP contribution in [-0.4, -0.2) is 0 Å². The van der Waals surface area contributed by atoms with Gasteiger partial charge in [0.25, 0.3) is 5.82 Å². The summed E-state index contributed by atoms with van der Waals surface area (Å²) in [5.74, 6) is 0.523. The van der Waals surface area contributed by atoms with Crippen LogP contribution in [0.2, 0.25) is 0 Å². The molecule has 2 aromatic rings. The Labute approximate surface area is 117 Å². The van der Waals surface area contributed by atoms with Crippen molar-refractivity contribution in [2.75, 3.05) is 5.73 Å². The molecule has 0 aliphatic rings. The molecule has 20 heavy (non-hydrogen) atoms. The van der Waals surface area contributed by atoms with Crippen molar-refractivity contribution < 1.29 is 9.37 Å². The van der Waals surface area contributed by atoms with Gasteiger partial charge in [0.15, 0.2) is 0 Å². The van der Waals surface area contributed by atoms with Crippen LogP contribution in [0.3, 0.4) is 0 Å². The van der Waals surface area contributed by atoms with Crippen molar-refractivity contribution in [2.45, 2.75) is 20.3 Å². The van der Waals surface area contributed by atoms with Gasteiger partial charge in [0.1, 0.15) is 23.1 Å². The van der Waals surface area contributed by atoms with Gasteiger partial charge in [-0.05, 0) is 29.7 Å². The van der Waals surface area contributed by atoms with E-state index < -0.39 is 0 Å². The van der Waals surface area contributed by atoms with Gasteiger partial charge in [0, 0.05) is 12.0 Å². The van der Waals surface area contributed by atoms with Crippen LogP contribution in [0.5, 0.6) is 0 Å². The number of nitriles is 1. The molecular weight excluding hydrogens is 253 g/mol. The molecule has 4 heteroatoms. The summed E-state index contributed by atoms with van der Waals surface area (Å²) in [6.07, 6.45) is 0.837. The average molecular weight is 270 g/mol. The van der Waals surface area contributed by atoms with Gasteiger partial charge in [-0.1, -0.05) is 26.0 Å². The lowest BCUT2D eigenvalue weighted by Gasteiger charge is -2.08. The van der Waals surface area contributed by atoms with E-state index in [4.69, 9.17) is 5.73 Å². The van der Waals surface area contributed by atoms with Crippen LogP contribution < -0.4 is 10.7 Å². The molecule has 1 heterocycles. The molecule has 3 N–H and O–H groups in total. The molecule has 0 spiro atoms. The summed E-state index contributed by atoms with van der Waals surface area (Å²) in [4.78, 5) is 3.06. The van der Waals surface area contributed by atoms with E-state index in [-0.39, 0.29) is 5.82 Å². The number of nitrogen functional groups attached to an aromatic ring is 1. The molecule has 0 saturated heterocycles. The molecule has 2 rings (SSSR count). The first-order valence-electron chi connectivity index (χ1n) is 6.52. The molecule has 0 saturated carbocycles. The summed E-state index contributed by atoms with van der Waals surface area (Å²) in [6.45, 7) is 4.22. The lowest BCUT2D eigenvalue weighted by molar-refractivity contribution is -0.373. The fourth-order valence-electron chi connectivity index (χ4n) is 2.19. The quantitative estimate of drug-likeness (QED) is 0.931. The lowest BCUT2D eigenvalue weighted by Crippen LogP contribution is -2.20. The molecule has 102 valence electrons. The van der Waals surface area contributed by atoms with Crippen LogP contribution in [-0.2, 0) is 6.42 Å². The fraction of sp³-hybridized carbons (Fsp3) is 0.250. The molecule has 0 bridgehead atoms. The van der Waals surface area contributed by atoms with Gasteiger partial charge >= 0.3 is 0 Å². The Balaban J connectivity index is 2.57. The fourth-order valence-corrected chi connectivity index (χ4v) is 2.19. The molecule has 0 aliphatic carbocycles. The molecule has 0 radical (unpaired) electrons. The molecule has 0 unspecified atom stereocenters. The van der Waals surface area contributed by atoms with Gasteiger partial charge in [0.2, 0.25) is 0 Å². The number of nitrogens with zero attached hydrogens (tertiary/aromatic N) is 1. The Morgan fingerprint density at radius 3 is 2.50 bits per heavy atom. The summed E-state index contributed by atoms with van der Waals surface area (Å²) in [5, 5.41) is 9.26. The second kappa shape index (κ2) is 5.70. The highest BCUT2D eigenvalue weighted by Crippen LogP contribution is 2.26. The Bertz CT molecular complexity index is 655. The monoisotopic (exact) mass is 270 g/mol. The Morgan fingerprint density at radius 1 is 1.30 bits per heavy atom. The highest BCUT2D eigenvalue weighted by Gasteiger charge is 2.16. The summed E-state index contributed by atoms with van der Waals surface area (Å²) in [7, 11) is 0. The Hall–Kier alpha value is -2.41. The minimum absolute atomic E-state index is 0.301. The minimum Gasteiger partial charge on any atom is -0.286 e. The zero-order valence-corrected chi connectivity index (χ0v) is 11.6. The number of aromatic nitrogens is 1. The van der Waals surface area contributed by atoms with E-state index in [1.165, 1.54) is 12.1 Å². The maximum absolute atomic E-state index is 13.0. The molecular formula is C16H17FN3+. The topological polar surface area (TPSA) is 64.0 Å². The highest BCUT2D eigenvalue weighted by atomic mass is 19.1. The van der Waals surface area contributed by atoms with E-state index in [0.717, 1.165) is 23.2 Å². The Morgan fingerprint density at radius 2 is 1.95 bits per heavy atom. The zero-order chi connectivity index (χ0) is 14.7. The number of rotatable bonds is 3. The SMILES string of the molecule is CC(C)Cc1cc(-c2ccc(F)cc2)c(C#N)c(N)[nH+]1. The lowest BCUT2D eigenvalue weighted by atomic mass is 9.98. The van der Waals surface area contributed by atoms with Gasteiger partial charge in [0.05, 0.1) is 0 Å². The van der Waals surface area contributed by atoms with Gasteiger partial charge < -0.3 is 0 Å². The summed E-state index contributed by atoms with van der Waals surface area (Å²) in [6, 6.07) is 10.1. The van der Waals surface area contributed by atoms with E-state index in [9.17, 15) is 9.65 Å². The number of halogens is 1. The van der Waals surface area contributed by atoms with Crippen molar-refractivity contribution in [1.82, 2.24) is 0 Å². The van der Waals surface area contributed by atoms with E-state index in [0.29, 0.717) is 17.3 Å². The standard InChI is InChI=1S/C16H16FN3/c1-10(2)7-13-8-14(15(9-18)16(19)20-13)11-3-5-12(17)6-4-11/h3-6,8,10H,7H2,1-2H3,(H2,19,20)/p+1. The number of hydrogen-bond donors (Lipinski definition) is 1. The first-order chi connectivity index (χ1) is 9.51. The van der Waals surface area contributed by atoms with Crippen LogP contribution in [0.1, 0.15) is 25.1 Å². The highest BCUT2D eigenvalue weighted by molar-refractivity contribution is 5.74. The van der Waals surface area contributed by atoms with E-state index in [2.05, 4.69) is 24.9 Å². The number of nitrogens with two attached hydrogens (primary N) is 1. The van der Waals surface area contributed by atoms with E-state index in [1.807, 2.05) is 6.07 Å². The first-order valence-corrected chi connectivity index (χ1v) is 6.52. The predicted molar refractivity (Wildman–Crippen MR) is 76.1 cm³/mol. The largest absolute Gasteiger partial charge is 0.289 e. The second-order valence-corrected chi connectivity index (χ2v) is 5.21. The molecule has 0 aliphatic heterocycles. The predicted octanol–water partition coefficient (Wildman–Crippen LogP) is 2.96. The van der Waals surface area contributed by atoms with Crippen LogP contribution >= 0.6 is 0 Å². The van der Waals surface area contributed by atoms with Gasteiger partial charge in [-0.2, -0.15) is 5.26 Å². The third-order valence-electron chi connectivity index (χ3n) is 3.05. The minimum atomic E-state index is -0.301. The zero-order valence-electron chi connectivity index (χ0n) is 11.6. The third kappa shape index (κ3) is 2.94. The summed E-state index contributed by atoms with van der Waals surface area (Å²) < 4.78 is 13.0. The normalized spacial score (nSPS) is 10.6. The van der Waals surface area contributed by atoms with Gasteiger partial charge in [-0.15, -0.1) is 0 Å². The number of nitrogens with one attached hydrogen (secondary N) is 1. The summed E-state index contributed by atoms with van der Waals surface area (Å²) in [5.41, 5.74) is 8.81. The number of aromatic amines is 1. The van der Waals surface area contributed by atoms with Crippen molar-refractivity contribution in [1.29, 1.82) is 5.26 Å². The maximum Gasteiger partial charge on any atom is 0.289 e. The molecule has 0 fully saturated rings. The van der Waals surface area contributed by atoms with Crippen LogP contribution in [0, 0.1) is 23.1 Å². The van der Waals surface area contributed by atoms with Crippen molar-refractivity contribution in [3.8, 4) is 17.2 Å². The van der Waals surface area contributed by atoms with Crippen LogP contribution in [0.4, 0.5) is 10.2 Å². The number of benzene rings is 1. The molecule has 0 amide bonds. The third-order valence-corrected chi connectivity index (χ3v) is 3.05. The Kier molecular flexibility index (Phi) is 3.99. The van der Waals surface area contributed by atoms with Gasteiger partial charge in [-0.3, -0.25) is 5.73 Å². The van der Waals surface area contributed by atoms with Crippen molar-refractivity contribution in [3.05, 3.63) is 47.4 Å². The van der Waals surface area contributed by atoms with Gasteiger partial charge in [-0.25, -0.2) is 9.37 Å². The average Bonchev–Trinajstić information content (AvgIpc) is 2.38. The second-order valence-electron chi connectivity index (χ2n) is 5.21.